The number of sulfonamides is 1. The van der Waals surface area contributed by atoms with Gasteiger partial charge in [0.05, 0.1) is 6.04 Å². The van der Waals surface area contributed by atoms with Crippen LogP contribution in [0.4, 0.5) is 0 Å². The molecule has 1 N–H and O–H groups in total. The van der Waals surface area contributed by atoms with E-state index in [1.54, 1.807) is 17.4 Å². The van der Waals surface area contributed by atoms with E-state index in [4.69, 9.17) is 0 Å². The van der Waals surface area contributed by atoms with Crippen molar-refractivity contribution < 1.29 is 13.2 Å². The summed E-state index contributed by atoms with van der Waals surface area (Å²) in [6.07, 6.45) is 2.57. The minimum atomic E-state index is -3.57. The number of rotatable bonds is 6. The van der Waals surface area contributed by atoms with E-state index in [-0.39, 0.29) is 24.9 Å². The van der Waals surface area contributed by atoms with Gasteiger partial charge in [-0.3, -0.25) is 4.79 Å². The number of benzene rings is 1. The Bertz CT molecular complexity index is 930. The Balaban J connectivity index is 1.51. The summed E-state index contributed by atoms with van der Waals surface area (Å²) in [6.45, 7) is 4.79. The Kier molecular flexibility index (Phi) is 6.14. The van der Waals surface area contributed by atoms with Crippen molar-refractivity contribution in [3.05, 3.63) is 62.7 Å². The van der Waals surface area contributed by atoms with E-state index in [2.05, 4.69) is 16.2 Å². The van der Waals surface area contributed by atoms with Crippen LogP contribution in [0.15, 0.2) is 41.1 Å². The molecule has 144 valence electrons. The van der Waals surface area contributed by atoms with Gasteiger partial charge in [-0.2, -0.15) is 0 Å². The first kappa shape index (κ1) is 19.8. The SMILES string of the molecule is Cc1ccc(/C=C/S(=O)(=O)NCCC(=O)N2CCc3sccc3[C@@H]2C)cc1. The largest absolute Gasteiger partial charge is 0.335 e. The second kappa shape index (κ2) is 8.37. The maximum Gasteiger partial charge on any atom is 0.233 e. The second-order valence-corrected chi connectivity index (χ2v) is 9.37. The Morgan fingerprint density at radius 1 is 1.30 bits per heavy atom. The standard InChI is InChI=1S/C20H24N2O3S2/c1-15-3-5-17(6-4-15)10-14-27(24,25)21-11-7-20(23)22-12-8-19-18(16(22)2)9-13-26-19/h3-6,9-10,13-14,16,21H,7-8,11-12H2,1-2H3/b14-10+/t16-/m0/s1. The molecule has 0 unspecified atom stereocenters. The van der Waals surface area contributed by atoms with E-state index in [9.17, 15) is 13.2 Å². The van der Waals surface area contributed by atoms with Crippen LogP contribution < -0.4 is 4.72 Å². The van der Waals surface area contributed by atoms with Gasteiger partial charge in [-0.15, -0.1) is 11.3 Å². The number of aryl methyl sites for hydroxylation is 1. The normalized spacial score (nSPS) is 17.3. The quantitative estimate of drug-likeness (QED) is 0.802. The molecule has 1 aliphatic heterocycles. The average Bonchev–Trinajstić information content (AvgIpc) is 3.11. The molecule has 1 amide bonds. The van der Waals surface area contributed by atoms with Crippen LogP contribution in [-0.2, 0) is 21.2 Å². The Morgan fingerprint density at radius 3 is 2.78 bits per heavy atom. The fourth-order valence-electron chi connectivity index (χ4n) is 3.19. The third kappa shape index (κ3) is 5.06. The Labute approximate surface area is 164 Å². The molecule has 0 spiro atoms. The molecule has 0 bridgehead atoms. The maximum atomic E-state index is 12.5. The molecule has 0 saturated heterocycles. The molecule has 27 heavy (non-hydrogen) atoms. The van der Waals surface area contributed by atoms with Gasteiger partial charge < -0.3 is 4.90 Å². The highest BCUT2D eigenvalue weighted by molar-refractivity contribution is 7.92. The molecule has 0 radical (unpaired) electrons. The van der Waals surface area contributed by atoms with Crippen molar-refractivity contribution in [3.63, 3.8) is 0 Å². The highest BCUT2D eigenvalue weighted by atomic mass is 32.2. The third-order valence-electron chi connectivity index (χ3n) is 4.76. The molecule has 3 rings (SSSR count). The molecule has 0 fully saturated rings. The lowest BCUT2D eigenvalue weighted by Crippen LogP contribution is -2.39. The summed E-state index contributed by atoms with van der Waals surface area (Å²) in [4.78, 5) is 15.7. The van der Waals surface area contributed by atoms with Crippen molar-refractivity contribution in [1.82, 2.24) is 9.62 Å². The van der Waals surface area contributed by atoms with Crippen molar-refractivity contribution in [3.8, 4) is 0 Å². The first-order valence-corrected chi connectivity index (χ1v) is 11.4. The number of nitrogens with one attached hydrogen (secondary N) is 1. The highest BCUT2D eigenvalue weighted by Gasteiger charge is 2.27. The predicted octanol–water partition coefficient (Wildman–Crippen LogP) is 3.48. The minimum Gasteiger partial charge on any atom is -0.335 e. The number of thiophene rings is 1. The van der Waals surface area contributed by atoms with Gasteiger partial charge in [0.1, 0.15) is 0 Å². The summed E-state index contributed by atoms with van der Waals surface area (Å²) < 4.78 is 26.7. The van der Waals surface area contributed by atoms with E-state index in [0.717, 1.165) is 23.0 Å². The maximum absolute atomic E-state index is 12.5. The first-order chi connectivity index (χ1) is 12.9. The minimum absolute atomic E-state index is 0.0236. The molecule has 1 aliphatic rings. The molecule has 2 aromatic rings. The number of hydrogen-bond donors (Lipinski definition) is 1. The van der Waals surface area contributed by atoms with E-state index in [0.29, 0.717) is 6.54 Å². The molecule has 5 nitrogen and oxygen atoms in total. The van der Waals surface area contributed by atoms with E-state index in [1.807, 2.05) is 43.0 Å². The average molecular weight is 405 g/mol. The number of carbonyl (C=O) groups is 1. The summed E-state index contributed by atoms with van der Waals surface area (Å²) in [6, 6.07) is 9.70. The predicted molar refractivity (Wildman–Crippen MR) is 110 cm³/mol. The summed E-state index contributed by atoms with van der Waals surface area (Å²) in [5.74, 6) is -0.0236. The van der Waals surface area contributed by atoms with Crippen LogP contribution in [0, 0.1) is 6.92 Å². The van der Waals surface area contributed by atoms with Crippen molar-refractivity contribution in [2.24, 2.45) is 0 Å². The van der Waals surface area contributed by atoms with Crippen molar-refractivity contribution >= 4 is 33.3 Å². The Hall–Kier alpha value is -1.96. The molecule has 1 aromatic carbocycles. The van der Waals surface area contributed by atoms with Gasteiger partial charge in [0, 0.05) is 29.8 Å². The fraction of sp³-hybridized carbons (Fsp3) is 0.350. The van der Waals surface area contributed by atoms with E-state index in [1.165, 1.54) is 10.4 Å². The zero-order valence-electron chi connectivity index (χ0n) is 15.5. The molecule has 0 saturated carbocycles. The summed E-state index contributed by atoms with van der Waals surface area (Å²) >= 11 is 1.73. The fourth-order valence-corrected chi connectivity index (χ4v) is 4.97. The number of fused-ring (bicyclic) bond motifs is 1. The molecular weight excluding hydrogens is 380 g/mol. The molecule has 1 aromatic heterocycles. The van der Waals surface area contributed by atoms with E-state index >= 15 is 0 Å². The van der Waals surface area contributed by atoms with Crippen LogP contribution in [0.25, 0.3) is 6.08 Å². The van der Waals surface area contributed by atoms with Crippen molar-refractivity contribution in [2.45, 2.75) is 32.7 Å². The lowest BCUT2D eigenvalue weighted by atomic mass is 10.0. The smallest absolute Gasteiger partial charge is 0.233 e. The summed E-state index contributed by atoms with van der Waals surface area (Å²) in [5.41, 5.74) is 3.14. The Morgan fingerprint density at radius 2 is 2.04 bits per heavy atom. The van der Waals surface area contributed by atoms with Gasteiger partial charge in [0.2, 0.25) is 15.9 Å². The topological polar surface area (TPSA) is 66.5 Å². The van der Waals surface area contributed by atoms with Crippen LogP contribution in [0.3, 0.4) is 0 Å². The number of amides is 1. The van der Waals surface area contributed by atoms with Crippen LogP contribution in [0.2, 0.25) is 0 Å². The van der Waals surface area contributed by atoms with Gasteiger partial charge in [0.15, 0.2) is 0 Å². The van der Waals surface area contributed by atoms with E-state index < -0.39 is 10.0 Å². The van der Waals surface area contributed by atoms with Crippen LogP contribution in [0.1, 0.15) is 41.0 Å². The number of nitrogens with zero attached hydrogens (tertiary/aromatic N) is 1. The molecule has 0 aliphatic carbocycles. The lowest BCUT2D eigenvalue weighted by Gasteiger charge is -2.33. The second-order valence-electron chi connectivity index (χ2n) is 6.72. The van der Waals surface area contributed by atoms with Gasteiger partial charge in [0.25, 0.3) is 0 Å². The zero-order valence-corrected chi connectivity index (χ0v) is 17.1. The number of carbonyl (C=O) groups excluding carboxylic acids is 1. The zero-order chi connectivity index (χ0) is 19.4. The molecule has 7 heteroatoms. The first-order valence-electron chi connectivity index (χ1n) is 8.96. The van der Waals surface area contributed by atoms with Crippen LogP contribution >= 0.6 is 11.3 Å². The van der Waals surface area contributed by atoms with Crippen LogP contribution in [-0.4, -0.2) is 32.3 Å². The van der Waals surface area contributed by atoms with Crippen LogP contribution in [0.5, 0.6) is 0 Å². The summed E-state index contributed by atoms with van der Waals surface area (Å²) in [7, 11) is -3.57. The molecule has 2 heterocycles. The lowest BCUT2D eigenvalue weighted by molar-refractivity contribution is -0.133. The monoisotopic (exact) mass is 404 g/mol. The highest BCUT2D eigenvalue weighted by Crippen LogP contribution is 2.32. The third-order valence-corrected chi connectivity index (χ3v) is 6.85. The van der Waals surface area contributed by atoms with Gasteiger partial charge in [-0.05, 0) is 48.9 Å². The molecule has 1 atom stereocenters. The van der Waals surface area contributed by atoms with Gasteiger partial charge >= 0.3 is 0 Å². The van der Waals surface area contributed by atoms with Crippen molar-refractivity contribution in [2.75, 3.05) is 13.1 Å². The van der Waals surface area contributed by atoms with Gasteiger partial charge in [-0.1, -0.05) is 29.8 Å². The van der Waals surface area contributed by atoms with Gasteiger partial charge in [-0.25, -0.2) is 13.1 Å². The van der Waals surface area contributed by atoms with Crippen molar-refractivity contribution in [1.29, 1.82) is 0 Å². The summed E-state index contributed by atoms with van der Waals surface area (Å²) in [5, 5.41) is 3.20. The number of hydrogen-bond acceptors (Lipinski definition) is 4. The molecular formula is C20H24N2O3S2.